The predicted molar refractivity (Wildman–Crippen MR) is 65.4 cm³/mol. The third-order valence-electron chi connectivity index (χ3n) is 2.08. The number of anilines is 1. The Kier molecular flexibility index (Phi) is 4.55. The van der Waals surface area contributed by atoms with Gasteiger partial charge in [0.25, 0.3) is 0 Å². The van der Waals surface area contributed by atoms with Gasteiger partial charge in [0.05, 0.1) is 0 Å². The van der Waals surface area contributed by atoms with E-state index in [4.69, 9.17) is 6.42 Å². The smallest absolute Gasteiger partial charge is 0.0381 e. The van der Waals surface area contributed by atoms with E-state index in [2.05, 4.69) is 40.2 Å². The molecule has 0 atom stereocenters. The van der Waals surface area contributed by atoms with E-state index in [9.17, 15) is 0 Å². The Morgan fingerprint density at radius 3 is 3.00 bits per heavy atom. The molecule has 0 saturated heterocycles. The van der Waals surface area contributed by atoms with Gasteiger partial charge >= 0.3 is 0 Å². The number of nitrogens with one attached hydrogen (secondary N) is 1. The molecule has 1 aromatic rings. The van der Waals surface area contributed by atoms with Crippen LogP contribution in [0.3, 0.4) is 0 Å². The lowest BCUT2D eigenvalue weighted by Crippen LogP contribution is -2.02. The quantitative estimate of drug-likeness (QED) is 0.638. The maximum absolute atomic E-state index is 5.18. The molecule has 0 saturated carbocycles. The first-order valence-corrected chi connectivity index (χ1v) is 5.47. The van der Waals surface area contributed by atoms with Crippen LogP contribution in [0, 0.1) is 19.3 Å². The molecule has 0 aliphatic carbocycles. The van der Waals surface area contributed by atoms with E-state index in [1.165, 1.54) is 11.3 Å². The van der Waals surface area contributed by atoms with Gasteiger partial charge < -0.3 is 5.32 Å². The first-order chi connectivity index (χ1) is 6.75. The summed E-state index contributed by atoms with van der Waals surface area (Å²) in [6.07, 6.45) is 7.03. The number of terminal acetylenes is 1. The van der Waals surface area contributed by atoms with Gasteiger partial charge in [-0.15, -0.1) is 12.3 Å². The average Bonchev–Trinajstić information content (AvgIpc) is 2.19. The van der Waals surface area contributed by atoms with Crippen molar-refractivity contribution >= 4 is 21.6 Å². The summed E-state index contributed by atoms with van der Waals surface area (Å²) in [7, 11) is 0. The van der Waals surface area contributed by atoms with Gasteiger partial charge in [-0.25, -0.2) is 0 Å². The van der Waals surface area contributed by atoms with Crippen molar-refractivity contribution in [2.75, 3.05) is 11.9 Å². The van der Waals surface area contributed by atoms with Crippen LogP contribution in [0.1, 0.15) is 18.4 Å². The summed E-state index contributed by atoms with van der Waals surface area (Å²) >= 11 is 3.50. The molecule has 14 heavy (non-hydrogen) atoms. The molecule has 0 aliphatic heterocycles. The van der Waals surface area contributed by atoms with Gasteiger partial charge in [0.1, 0.15) is 0 Å². The monoisotopic (exact) mass is 251 g/mol. The Labute approximate surface area is 94.0 Å². The van der Waals surface area contributed by atoms with Crippen molar-refractivity contribution in [2.24, 2.45) is 0 Å². The summed E-state index contributed by atoms with van der Waals surface area (Å²) in [4.78, 5) is 0. The topological polar surface area (TPSA) is 12.0 Å². The molecule has 0 unspecified atom stereocenters. The first-order valence-electron chi connectivity index (χ1n) is 4.68. The summed E-state index contributed by atoms with van der Waals surface area (Å²) in [5.41, 5.74) is 2.42. The van der Waals surface area contributed by atoms with Crippen LogP contribution in [0.5, 0.6) is 0 Å². The molecule has 74 valence electrons. The number of benzene rings is 1. The minimum atomic E-state index is 0.833. The molecule has 0 bridgehead atoms. The fourth-order valence-electron chi connectivity index (χ4n) is 1.21. The van der Waals surface area contributed by atoms with E-state index in [0.717, 1.165) is 23.9 Å². The summed E-state index contributed by atoms with van der Waals surface area (Å²) in [5, 5.41) is 3.36. The summed E-state index contributed by atoms with van der Waals surface area (Å²) in [6, 6.07) is 6.15. The minimum absolute atomic E-state index is 0.833. The highest BCUT2D eigenvalue weighted by Crippen LogP contribution is 2.23. The number of hydrogen-bond acceptors (Lipinski definition) is 1. The molecule has 0 fully saturated rings. The maximum atomic E-state index is 5.18. The molecule has 2 heteroatoms. The van der Waals surface area contributed by atoms with E-state index in [-0.39, 0.29) is 0 Å². The van der Waals surface area contributed by atoms with Crippen molar-refractivity contribution < 1.29 is 0 Å². The summed E-state index contributed by atoms with van der Waals surface area (Å²) < 4.78 is 1.14. The van der Waals surface area contributed by atoms with Gasteiger partial charge in [0.2, 0.25) is 0 Å². The van der Waals surface area contributed by atoms with Gasteiger partial charge in [-0.2, -0.15) is 0 Å². The lowest BCUT2D eigenvalue weighted by atomic mass is 10.2. The highest BCUT2D eigenvalue weighted by atomic mass is 79.9. The van der Waals surface area contributed by atoms with Gasteiger partial charge in [-0.05, 0) is 31.0 Å². The van der Waals surface area contributed by atoms with Crippen molar-refractivity contribution in [2.45, 2.75) is 19.8 Å². The van der Waals surface area contributed by atoms with Crippen LogP contribution in [0.2, 0.25) is 0 Å². The fraction of sp³-hybridized carbons (Fsp3) is 0.333. The first kappa shape index (κ1) is 11.1. The second kappa shape index (κ2) is 5.72. The standard InChI is InChI=1S/C12H14BrN/c1-3-4-5-9-14-12-8-6-7-11(13)10(12)2/h1,6-8,14H,4-5,9H2,2H3. The highest BCUT2D eigenvalue weighted by Gasteiger charge is 1.99. The second-order valence-corrected chi connectivity index (χ2v) is 4.00. The number of unbranched alkanes of at least 4 members (excludes halogenated alkanes) is 1. The normalized spacial score (nSPS) is 9.50. The highest BCUT2D eigenvalue weighted by molar-refractivity contribution is 9.10. The van der Waals surface area contributed by atoms with Crippen molar-refractivity contribution in [3.8, 4) is 12.3 Å². The number of hydrogen-bond donors (Lipinski definition) is 1. The largest absolute Gasteiger partial charge is 0.385 e. The van der Waals surface area contributed by atoms with E-state index in [0.29, 0.717) is 0 Å². The maximum Gasteiger partial charge on any atom is 0.0381 e. The summed E-state index contributed by atoms with van der Waals surface area (Å²) in [6.45, 7) is 3.02. The Bertz CT molecular complexity index is 339. The zero-order valence-electron chi connectivity index (χ0n) is 8.31. The Morgan fingerprint density at radius 2 is 2.29 bits per heavy atom. The lowest BCUT2D eigenvalue weighted by Gasteiger charge is -2.09. The summed E-state index contributed by atoms with van der Waals surface area (Å²) in [5.74, 6) is 2.63. The van der Waals surface area contributed by atoms with Crippen molar-refractivity contribution in [1.29, 1.82) is 0 Å². The van der Waals surface area contributed by atoms with Crippen LogP contribution < -0.4 is 5.32 Å². The van der Waals surface area contributed by atoms with Crippen LogP contribution in [0.25, 0.3) is 0 Å². The van der Waals surface area contributed by atoms with Gasteiger partial charge in [-0.1, -0.05) is 22.0 Å². The van der Waals surface area contributed by atoms with Crippen molar-refractivity contribution in [3.05, 3.63) is 28.2 Å². The molecule has 0 aromatic heterocycles. The van der Waals surface area contributed by atoms with E-state index in [1.807, 2.05) is 12.1 Å². The molecule has 1 rings (SSSR count). The molecule has 1 N–H and O–H groups in total. The Morgan fingerprint density at radius 1 is 1.50 bits per heavy atom. The van der Waals surface area contributed by atoms with Crippen LogP contribution in [-0.2, 0) is 0 Å². The Hall–Kier alpha value is -0.940. The van der Waals surface area contributed by atoms with E-state index in [1.54, 1.807) is 0 Å². The molecule has 0 spiro atoms. The zero-order valence-corrected chi connectivity index (χ0v) is 9.89. The van der Waals surface area contributed by atoms with Crippen molar-refractivity contribution in [1.82, 2.24) is 0 Å². The third kappa shape index (κ3) is 3.08. The molecule has 1 nitrogen and oxygen atoms in total. The molecule has 1 aromatic carbocycles. The van der Waals surface area contributed by atoms with Crippen molar-refractivity contribution in [3.63, 3.8) is 0 Å². The SMILES string of the molecule is C#CCCCNc1cccc(Br)c1C. The molecular weight excluding hydrogens is 238 g/mol. The molecule has 0 radical (unpaired) electrons. The number of halogens is 1. The van der Waals surface area contributed by atoms with E-state index >= 15 is 0 Å². The van der Waals surface area contributed by atoms with Crippen LogP contribution in [-0.4, -0.2) is 6.54 Å². The van der Waals surface area contributed by atoms with Gasteiger partial charge in [0, 0.05) is 23.1 Å². The average molecular weight is 252 g/mol. The molecular formula is C12H14BrN. The molecule has 0 amide bonds. The third-order valence-corrected chi connectivity index (χ3v) is 2.94. The van der Waals surface area contributed by atoms with Gasteiger partial charge in [-0.3, -0.25) is 0 Å². The zero-order chi connectivity index (χ0) is 10.4. The number of rotatable bonds is 4. The van der Waals surface area contributed by atoms with Crippen LogP contribution in [0.15, 0.2) is 22.7 Å². The van der Waals surface area contributed by atoms with Crippen LogP contribution in [0.4, 0.5) is 5.69 Å². The molecule has 0 heterocycles. The molecule has 0 aliphatic rings. The second-order valence-electron chi connectivity index (χ2n) is 3.15. The minimum Gasteiger partial charge on any atom is -0.385 e. The lowest BCUT2D eigenvalue weighted by molar-refractivity contribution is 0.906. The fourth-order valence-corrected chi connectivity index (χ4v) is 1.58. The van der Waals surface area contributed by atoms with Gasteiger partial charge in [0.15, 0.2) is 0 Å². The van der Waals surface area contributed by atoms with E-state index < -0.39 is 0 Å². The predicted octanol–water partition coefficient (Wildman–Crippen LogP) is 3.58. The Balaban J connectivity index is 2.51. The van der Waals surface area contributed by atoms with Crippen LogP contribution >= 0.6 is 15.9 Å².